The van der Waals surface area contributed by atoms with Gasteiger partial charge in [-0.25, -0.2) is 4.79 Å². The van der Waals surface area contributed by atoms with Crippen molar-refractivity contribution >= 4 is 21.9 Å². The Morgan fingerprint density at radius 1 is 1.56 bits per heavy atom. The summed E-state index contributed by atoms with van der Waals surface area (Å²) >= 11 is 3.31. The van der Waals surface area contributed by atoms with Gasteiger partial charge in [-0.15, -0.1) is 0 Å². The molecule has 0 fully saturated rings. The van der Waals surface area contributed by atoms with Crippen LogP contribution in [0.25, 0.3) is 0 Å². The maximum absolute atomic E-state index is 11.5. The molecule has 1 aromatic rings. The summed E-state index contributed by atoms with van der Waals surface area (Å²) in [5.41, 5.74) is 0.769. The Bertz CT molecular complexity index is 397. The van der Waals surface area contributed by atoms with Crippen molar-refractivity contribution in [3.05, 3.63) is 34.3 Å². The molecular weight excluding hydrogens is 272 g/mol. The van der Waals surface area contributed by atoms with Crippen LogP contribution in [0.4, 0.5) is 0 Å². The van der Waals surface area contributed by atoms with Gasteiger partial charge in [-0.1, -0.05) is 28.1 Å². The first-order chi connectivity index (χ1) is 7.69. The summed E-state index contributed by atoms with van der Waals surface area (Å²) in [6, 6.07) is 8.60. The fraction of sp³-hybridized carbons (Fsp3) is 0.273. The number of carbonyl (C=O) groups excluding carboxylic acids is 1. The molecule has 1 aromatic carbocycles. The lowest BCUT2D eigenvalue weighted by molar-refractivity contribution is -0.143. The zero-order valence-electron chi connectivity index (χ0n) is 8.74. The Labute approximate surface area is 102 Å². The van der Waals surface area contributed by atoms with Gasteiger partial charge in [0.15, 0.2) is 0 Å². The number of methoxy groups -OCH3 is 1. The third-order valence-electron chi connectivity index (χ3n) is 2.03. The summed E-state index contributed by atoms with van der Waals surface area (Å²) in [6.07, 6.45) is 0. The fourth-order valence-electron chi connectivity index (χ4n) is 1.26. The van der Waals surface area contributed by atoms with Crippen molar-refractivity contribution in [3.8, 4) is 6.07 Å². The molecule has 1 unspecified atom stereocenters. The van der Waals surface area contributed by atoms with E-state index in [4.69, 9.17) is 5.26 Å². The van der Waals surface area contributed by atoms with E-state index in [-0.39, 0.29) is 6.54 Å². The van der Waals surface area contributed by atoms with Gasteiger partial charge in [0, 0.05) is 4.47 Å². The average molecular weight is 283 g/mol. The largest absolute Gasteiger partial charge is 0.468 e. The highest BCUT2D eigenvalue weighted by atomic mass is 79.9. The number of nitriles is 1. The highest BCUT2D eigenvalue weighted by Crippen LogP contribution is 2.17. The quantitative estimate of drug-likeness (QED) is 0.675. The lowest BCUT2D eigenvalue weighted by atomic mass is 10.1. The topological polar surface area (TPSA) is 62.1 Å². The van der Waals surface area contributed by atoms with E-state index in [2.05, 4.69) is 26.0 Å². The minimum absolute atomic E-state index is 0.0931. The molecule has 0 spiro atoms. The number of rotatable bonds is 4. The number of carbonyl (C=O) groups is 1. The van der Waals surface area contributed by atoms with Crippen LogP contribution in [-0.2, 0) is 9.53 Å². The molecule has 5 heteroatoms. The number of ether oxygens (including phenoxy) is 1. The molecule has 0 aliphatic carbocycles. The summed E-state index contributed by atoms with van der Waals surface area (Å²) in [5, 5.41) is 11.3. The minimum Gasteiger partial charge on any atom is -0.468 e. The summed E-state index contributed by atoms with van der Waals surface area (Å²) < 4.78 is 5.60. The zero-order valence-corrected chi connectivity index (χ0v) is 10.3. The molecule has 16 heavy (non-hydrogen) atoms. The molecule has 1 atom stereocenters. The Morgan fingerprint density at radius 2 is 2.19 bits per heavy atom. The van der Waals surface area contributed by atoms with E-state index in [9.17, 15) is 4.79 Å². The normalized spacial score (nSPS) is 11.6. The molecule has 0 aliphatic rings. The van der Waals surface area contributed by atoms with E-state index in [1.165, 1.54) is 7.11 Å². The third kappa shape index (κ3) is 3.33. The van der Waals surface area contributed by atoms with E-state index in [1.807, 2.05) is 18.2 Å². The summed E-state index contributed by atoms with van der Waals surface area (Å²) in [6.45, 7) is 0.0931. The molecule has 1 N–H and O–H groups in total. The van der Waals surface area contributed by atoms with Crippen LogP contribution in [0.1, 0.15) is 11.6 Å². The summed E-state index contributed by atoms with van der Waals surface area (Å²) in [7, 11) is 1.32. The van der Waals surface area contributed by atoms with Gasteiger partial charge >= 0.3 is 5.97 Å². The van der Waals surface area contributed by atoms with E-state index in [0.29, 0.717) is 0 Å². The summed E-state index contributed by atoms with van der Waals surface area (Å²) in [4.78, 5) is 11.5. The number of nitrogens with zero attached hydrogens (tertiary/aromatic N) is 1. The molecule has 0 amide bonds. The van der Waals surface area contributed by atoms with Crippen LogP contribution in [0.15, 0.2) is 28.7 Å². The predicted octanol–water partition coefficient (Wildman–Crippen LogP) is 1.78. The lowest BCUT2D eigenvalue weighted by Crippen LogP contribution is -2.29. The maximum atomic E-state index is 11.5. The Hall–Kier alpha value is -1.38. The highest BCUT2D eigenvalue weighted by molar-refractivity contribution is 9.10. The summed E-state index contributed by atoms with van der Waals surface area (Å²) in [5.74, 6) is -0.405. The number of nitrogens with one attached hydrogen (secondary N) is 1. The van der Waals surface area contributed by atoms with Crippen LogP contribution in [0.3, 0.4) is 0 Å². The van der Waals surface area contributed by atoms with Gasteiger partial charge in [0.2, 0.25) is 0 Å². The van der Waals surface area contributed by atoms with Crippen LogP contribution in [-0.4, -0.2) is 19.6 Å². The second-order valence-electron chi connectivity index (χ2n) is 3.05. The molecule has 0 heterocycles. The fourth-order valence-corrected chi connectivity index (χ4v) is 1.52. The van der Waals surface area contributed by atoms with E-state index in [1.54, 1.807) is 12.1 Å². The van der Waals surface area contributed by atoms with Gasteiger partial charge < -0.3 is 4.74 Å². The highest BCUT2D eigenvalue weighted by Gasteiger charge is 2.20. The Morgan fingerprint density at radius 3 is 2.69 bits per heavy atom. The first-order valence-electron chi connectivity index (χ1n) is 4.62. The zero-order chi connectivity index (χ0) is 12.0. The van der Waals surface area contributed by atoms with Gasteiger partial charge in [-0.2, -0.15) is 5.26 Å². The molecule has 84 valence electrons. The monoisotopic (exact) mass is 282 g/mol. The predicted molar refractivity (Wildman–Crippen MR) is 62.5 cm³/mol. The maximum Gasteiger partial charge on any atom is 0.327 e. The number of hydrogen-bond acceptors (Lipinski definition) is 4. The average Bonchev–Trinajstić information content (AvgIpc) is 2.31. The number of halogens is 1. The van der Waals surface area contributed by atoms with Crippen molar-refractivity contribution in [2.75, 3.05) is 13.7 Å². The van der Waals surface area contributed by atoms with Crippen molar-refractivity contribution in [1.29, 1.82) is 5.26 Å². The molecular formula is C11H11BrN2O2. The SMILES string of the molecule is COC(=O)C(NCC#N)c1ccc(Br)cc1. The van der Waals surface area contributed by atoms with Crippen LogP contribution >= 0.6 is 15.9 Å². The van der Waals surface area contributed by atoms with Crippen molar-refractivity contribution < 1.29 is 9.53 Å². The number of esters is 1. The van der Waals surface area contributed by atoms with Crippen molar-refractivity contribution in [1.82, 2.24) is 5.32 Å². The van der Waals surface area contributed by atoms with Crippen LogP contribution in [0.2, 0.25) is 0 Å². The number of benzene rings is 1. The van der Waals surface area contributed by atoms with Crippen molar-refractivity contribution in [2.24, 2.45) is 0 Å². The van der Waals surface area contributed by atoms with E-state index in [0.717, 1.165) is 10.0 Å². The van der Waals surface area contributed by atoms with Crippen molar-refractivity contribution in [3.63, 3.8) is 0 Å². The number of hydrogen-bond donors (Lipinski definition) is 1. The lowest BCUT2D eigenvalue weighted by Gasteiger charge is -2.14. The second-order valence-corrected chi connectivity index (χ2v) is 3.96. The standard InChI is InChI=1S/C11H11BrN2O2/c1-16-11(15)10(14-7-6-13)8-2-4-9(12)5-3-8/h2-5,10,14H,7H2,1H3. The molecule has 0 saturated heterocycles. The van der Waals surface area contributed by atoms with Crippen LogP contribution in [0, 0.1) is 11.3 Å². The van der Waals surface area contributed by atoms with Gasteiger partial charge in [0.1, 0.15) is 6.04 Å². The minimum atomic E-state index is -0.599. The van der Waals surface area contributed by atoms with Gasteiger partial charge in [0.25, 0.3) is 0 Å². The second kappa shape index (κ2) is 6.26. The van der Waals surface area contributed by atoms with E-state index >= 15 is 0 Å². The Kier molecular flexibility index (Phi) is 4.96. The van der Waals surface area contributed by atoms with Gasteiger partial charge in [0.05, 0.1) is 19.7 Å². The molecule has 0 aromatic heterocycles. The molecule has 0 aliphatic heterocycles. The third-order valence-corrected chi connectivity index (χ3v) is 2.55. The molecule has 1 rings (SSSR count). The van der Waals surface area contributed by atoms with Crippen molar-refractivity contribution in [2.45, 2.75) is 6.04 Å². The first kappa shape index (κ1) is 12.7. The van der Waals surface area contributed by atoms with E-state index < -0.39 is 12.0 Å². The Balaban J connectivity index is 2.88. The smallest absolute Gasteiger partial charge is 0.327 e. The molecule has 4 nitrogen and oxygen atoms in total. The van der Waals surface area contributed by atoms with Gasteiger partial charge in [-0.3, -0.25) is 5.32 Å². The molecule has 0 bridgehead atoms. The molecule has 0 radical (unpaired) electrons. The molecule has 0 saturated carbocycles. The van der Waals surface area contributed by atoms with Gasteiger partial charge in [-0.05, 0) is 17.7 Å². The van der Waals surface area contributed by atoms with Crippen LogP contribution < -0.4 is 5.32 Å². The first-order valence-corrected chi connectivity index (χ1v) is 5.42. The van der Waals surface area contributed by atoms with Crippen LogP contribution in [0.5, 0.6) is 0 Å².